The lowest BCUT2D eigenvalue weighted by atomic mass is 10.0. The maximum absolute atomic E-state index is 4.43. The van der Waals surface area contributed by atoms with Crippen molar-refractivity contribution in [3.63, 3.8) is 0 Å². The monoisotopic (exact) mass is 160 g/mol. The van der Waals surface area contributed by atoms with E-state index < -0.39 is 0 Å². The molecule has 2 rings (SSSR count). The van der Waals surface area contributed by atoms with Gasteiger partial charge in [-0.2, -0.15) is 0 Å². The molecular weight excluding hydrogens is 148 g/mol. The van der Waals surface area contributed by atoms with Gasteiger partial charge in [-0.1, -0.05) is 6.07 Å². The SMILES string of the molecule is C1=NC(c2cccnc2)CCC1. The van der Waals surface area contributed by atoms with Gasteiger partial charge in [0.2, 0.25) is 0 Å². The molecule has 0 radical (unpaired) electrons. The van der Waals surface area contributed by atoms with Crippen LogP contribution in [0, 0.1) is 0 Å². The predicted octanol–water partition coefficient (Wildman–Crippen LogP) is 2.38. The zero-order valence-electron chi connectivity index (χ0n) is 6.98. The maximum atomic E-state index is 4.43. The van der Waals surface area contributed by atoms with Gasteiger partial charge in [-0.15, -0.1) is 0 Å². The van der Waals surface area contributed by atoms with Gasteiger partial charge in [0.25, 0.3) is 0 Å². The van der Waals surface area contributed by atoms with Gasteiger partial charge in [-0.05, 0) is 37.1 Å². The highest BCUT2D eigenvalue weighted by Gasteiger charge is 2.10. The smallest absolute Gasteiger partial charge is 0.0760 e. The molecule has 1 unspecified atom stereocenters. The molecule has 0 saturated heterocycles. The van der Waals surface area contributed by atoms with Crippen molar-refractivity contribution in [3.05, 3.63) is 30.1 Å². The first-order valence-corrected chi connectivity index (χ1v) is 4.38. The highest BCUT2D eigenvalue weighted by atomic mass is 14.8. The lowest BCUT2D eigenvalue weighted by molar-refractivity contribution is 0.602. The van der Waals surface area contributed by atoms with Gasteiger partial charge in [-0.3, -0.25) is 9.98 Å². The molecule has 62 valence electrons. The summed E-state index contributed by atoms with van der Waals surface area (Å²) in [6.45, 7) is 0. The minimum absolute atomic E-state index is 0.368. The van der Waals surface area contributed by atoms with Crippen LogP contribution in [0.3, 0.4) is 0 Å². The van der Waals surface area contributed by atoms with E-state index in [1.807, 2.05) is 18.5 Å². The number of aromatic nitrogens is 1. The Bertz CT molecular complexity index is 266. The molecule has 0 saturated carbocycles. The van der Waals surface area contributed by atoms with Crippen LogP contribution in [-0.2, 0) is 0 Å². The van der Waals surface area contributed by atoms with E-state index in [9.17, 15) is 0 Å². The Labute approximate surface area is 72.4 Å². The molecule has 0 amide bonds. The third-order valence-corrected chi connectivity index (χ3v) is 2.17. The normalized spacial score (nSPS) is 22.5. The molecule has 0 spiro atoms. The minimum Gasteiger partial charge on any atom is -0.289 e. The first-order chi connectivity index (χ1) is 5.97. The molecule has 1 aliphatic heterocycles. The molecule has 0 bridgehead atoms. The lowest BCUT2D eigenvalue weighted by Gasteiger charge is -2.14. The third-order valence-electron chi connectivity index (χ3n) is 2.17. The number of hydrogen-bond donors (Lipinski definition) is 0. The summed E-state index contributed by atoms with van der Waals surface area (Å²) in [4.78, 5) is 8.52. The van der Waals surface area contributed by atoms with Crippen molar-refractivity contribution >= 4 is 6.21 Å². The number of nitrogens with zero attached hydrogens (tertiary/aromatic N) is 2. The van der Waals surface area contributed by atoms with Gasteiger partial charge < -0.3 is 0 Å². The van der Waals surface area contributed by atoms with E-state index in [1.54, 1.807) is 6.20 Å². The second-order valence-corrected chi connectivity index (χ2v) is 3.06. The van der Waals surface area contributed by atoms with Crippen molar-refractivity contribution in [2.75, 3.05) is 0 Å². The summed E-state index contributed by atoms with van der Waals surface area (Å²) in [6, 6.07) is 4.44. The summed E-state index contributed by atoms with van der Waals surface area (Å²) in [5, 5.41) is 0. The van der Waals surface area contributed by atoms with Gasteiger partial charge in [0.1, 0.15) is 0 Å². The molecule has 1 aromatic rings. The van der Waals surface area contributed by atoms with Crippen LogP contribution >= 0.6 is 0 Å². The second kappa shape index (κ2) is 3.48. The van der Waals surface area contributed by atoms with Crippen LogP contribution in [0.5, 0.6) is 0 Å². The predicted molar refractivity (Wildman–Crippen MR) is 49.3 cm³/mol. The number of rotatable bonds is 1. The van der Waals surface area contributed by atoms with E-state index >= 15 is 0 Å². The summed E-state index contributed by atoms with van der Waals surface area (Å²) < 4.78 is 0. The number of aliphatic imine (C=N–C) groups is 1. The third kappa shape index (κ3) is 1.52. The molecular formula is C10H12N2. The molecule has 0 aliphatic carbocycles. The topological polar surface area (TPSA) is 25.2 Å². The van der Waals surface area contributed by atoms with Gasteiger partial charge in [0.15, 0.2) is 0 Å². The van der Waals surface area contributed by atoms with Crippen LogP contribution in [0.4, 0.5) is 0 Å². The second-order valence-electron chi connectivity index (χ2n) is 3.06. The maximum Gasteiger partial charge on any atom is 0.0760 e. The molecule has 2 heteroatoms. The van der Waals surface area contributed by atoms with Crippen molar-refractivity contribution in [2.24, 2.45) is 4.99 Å². The Morgan fingerprint density at radius 3 is 3.08 bits per heavy atom. The first-order valence-electron chi connectivity index (χ1n) is 4.38. The Kier molecular flexibility index (Phi) is 2.16. The molecule has 2 heterocycles. The van der Waals surface area contributed by atoms with Gasteiger partial charge in [0, 0.05) is 12.4 Å². The van der Waals surface area contributed by atoms with Crippen molar-refractivity contribution in [1.29, 1.82) is 0 Å². The molecule has 12 heavy (non-hydrogen) atoms. The summed E-state index contributed by atoms with van der Waals surface area (Å²) in [5.74, 6) is 0. The summed E-state index contributed by atoms with van der Waals surface area (Å²) in [5.41, 5.74) is 1.24. The summed E-state index contributed by atoms with van der Waals surface area (Å²) >= 11 is 0. The highest BCUT2D eigenvalue weighted by molar-refractivity contribution is 5.58. The van der Waals surface area contributed by atoms with Gasteiger partial charge >= 0.3 is 0 Å². The standard InChI is InChI=1S/C10H12N2/c1-2-7-12-10(5-1)9-4-3-6-11-8-9/h3-4,6-8,10H,1-2,5H2. The van der Waals surface area contributed by atoms with Crippen LogP contribution in [0.2, 0.25) is 0 Å². The summed E-state index contributed by atoms with van der Waals surface area (Å²) in [7, 11) is 0. The number of hydrogen-bond acceptors (Lipinski definition) is 2. The van der Waals surface area contributed by atoms with E-state index in [0.717, 1.165) is 6.42 Å². The van der Waals surface area contributed by atoms with Crippen LogP contribution < -0.4 is 0 Å². The average molecular weight is 160 g/mol. The van der Waals surface area contributed by atoms with E-state index in [4.69, 9.17) is 0 Å². The van der Waals surface area contributed by atoms with Crippen LogP contribution in [-0.4, -0.2) is 11.2 Å². The first kappa shape index (κ1) is 7.47. The zero-order valence-corrected chi connectivity index (χ0v) is 6.98. The minimum atomic E-state index is 0.368. The van der Waals surface area contributed by atoms with E-state index in [0.29, 0.717) is 6.04 Å². The lowest BCUT2D eigenvalue weighted by Crippen LogP contribution is -2.01. The van der Waals surface area contributed by atoms with Gasteiger partial charge in [0.05, 0.1) is 6.04 Å². The van der Waals surface area contributed by atoms with Gasteiger partial charge in [-0.25, -0.2) is 0 Å². The van der Waals surface area contributed by atoms with Crippen LogP contribution in [0.1, 0.15) is 30.9 Å². The highest BCUT2D eigenvalue weighted by Crippen LogP contribution is 2.24. The van der Waals surface area contributed by atoms with Crippen molar-refractivity contribution < 1.29 is 0 Å². The molecule has 0 aromatic carbocycles. The van der Waals surface area contributed by atoms with Crippen molar-refractivity contribution in [2.45, 2.75) is 25.3 Å². The van der Waals surface area contributed by atoms with E-state index in [-0.39, 0.29) is 0 Å². The van der Waals surface area contributed by atoms with Crippen LogP contribution in [0.15, 0.2) is 29.5 Å². The summed E-state index contributed by atoms with van der Waals surface area (Å²) in [6.07, 6.45) is 9.30. The van der Waals surface area contributed by atoms with Crippen LogP contribution in [0.25, 0.3) is 0 Å². The van der Waals surface area contributed by atoms with Crippen molar-refractivity contribution in [3.8, 4) is 0 Å². The largest absolute Gasteiger partial charge is 0.289 e. The Hall–Kier alpha value is -1.18. The fourth-order valence-electron chi connectivity index (χ4n) is 1.50. The molecule has 1 aliphatic rings. The number of pyridine rings is 1. The Morgan fingerprint density at radius 2 is 2.42 bits per heavy atom. The fraction of sp³-hybridized carbons (Fsp3) is 0.400. The Morgan fingerprint density at radius 1 is 1.42 bits per heavy atom. The molecule has 0 fully saturated rings. The molecule has 1 atom stereocenters. The van der Waals surface area contributed by atoms with E-state index in [1.165, 1.54) is 18.4 Å². The van der Waals surface area contributed by atoms with Crippen molar-refractivity contribution in [1.82, 2.24) is 4.98 Å². The molecule has 0 N–H and O–H groups in total. The molecule has 2 nitrogen and oxygen atoms in total. The Balaban J connectivity index is 2.19. The molecule has 1 aromatic heterocycles. The average Bonchev–Trinajstić information content (AvgIpc) is 2.21. The quantitative estimate of drug-likeness (QED) is 0.619. The zero-order chi connectivity index (χ0) is 8.23. The fourth-order valence-corrected chi connectivity index (χ4v) is 1.50. The van der Waals surface area contributed by atoms with E-state index in [2.05, 4.69) is 16.0 Å².